The Bertz CT molecular complexity index is 581. The van der Waals surface area contributed by atoms with Crippen molar-refractivity contribution in [3.63, 3.8) is 0 Å². The second-order valence-corrected chi connectivity index (χ2v) is 6.91. The molecule has 2 heterocycles. The molecule has 2 fully saturated rings. The number of nitrogens with zero attached hydrogens (tertiary/aromatic N) is 1. The van der Waals surface area contributed by atoms with E-state index in [1.165, 1.54) is 0 Å². The normalized spacial score (nSPS) is 22.1. The molecule has 2 aliphatic heterocycles. The highest BCUT2D eigenvalue weighted by molar-refractivity contribution is 6.30. The Kier molecular flexibility index (Phi) is 5.88. The van der Waals surface area contributed by atoms with E-state index < -0.39 is 23.6 Å². The van der Waals surface area contributed by atoms with Crippen LogP contribution in [0.15, 0.2) is 12.1 Å². The van der Waals surface area contributed by atoms with Crippen LogP contribution in [0.4, 0.5) is 17.6 Å². The van der Waals surface area contributed by atoms with Crippen LogP contribution in [0.2, 0.25) is 5.02 Å². The molecule has 140 valence electrons. The van der Waals surface area contributed by atoms with Crippen molar-refractivity contribution in [3.05, 3.63) is 34.1 Å². The largest absolute Gasteiger partial charge is 0.416 e. The Labute approximate surface area is 149 Å². The summed E-state index contributed by atoms with van der Waals surface area (Å²) in [7, 11) is 0. The first-order chi connectivity index (χ1) is 11.9. The molecule has 3 nitrogen and oxygen atoms in total. The van der Waals surface area contributed by atoms with Gasteiger partial charge in [-0.3, -0.25) is 4.90 Å². The molecule has 0 radical (unpaired) electrons. The highest BCUT2D eigenvalue weighted by Gasteiger charge is 2.42. The van der Waals surface area contributed by atoms with E-state index in [-0.39, 0.29) is 16.5 Å². The van der Waals surface area contributed by atoms with Gasteiger partial charge in [0.25, 0.3) is 0 Å². The van der Waals surface area contributed by atoms with Crippen molar-refractivity contribution in [3.8, 4) is 0 Å². The molecule has 0 unspecified atom stereocenters. The molecule has 1 atom stereocenters. The van der Waals surface area contributed by atoms with E-state index in [9.17, 15) is 17.6 Å². The summed E-state index contributed by atoms with van der Waals surface area (Å²) < 4.78 is 61.0. The maximum absolute atomic E-state index is 14.8. The lowest BCUT2D eigenvalue weighted by Gasteiger charge is -2.42. The van der Waals surface area contributed by atoms with Gasteiger partial charge in [-0.1, -0.05) is 11.6 Å². The molecule has 0 aliphatic carbocycles. The van der Waals surface area contributed by atoms with Crippen LogP contribution in [0.3, 0.4) is 0 Å². The van der Waals surface area contributed by atoms with E-state index >= 15 is 0 Å². The molecule has 0 aromatic heterocycles. The molecule has 0 bridgehead atoms. The van der Waals surface area contributed by atoms with Gasteiger partial charge < -0.3 is 10.1 Å². The number of alkyl halides is 3. The first-order valence-electron chi connectivity index (χ1n) is 8.47. The van der Waals surface area contributed by atoms with Crippen molar-refractivity contribution < 1.29 is 22.3 Å². The fourth-order valence-corrected chi connectivity index (χ4v) is 3.98. The maximum Gasteiger partial charge on any atom is 0.416 e. The topological polar surface area (TPSA) is 24.5 Å². The zero-order chi connectivity index (χ0) is 18.0. The van der Waals surface area contributed by atoms with Crippen molar-refractivity contribution in [1.29, 1.82) is 0 Å². The summed E-state index contributed by atoms with van der Waals surface area (Å²) in [5.41, 5.74) is -1.24. The quantitative estimate of drug-likeness (QED) is 0.806. The summed E-state index contributed by atoms with van der Waals surface area (Å²) in [6.07, 6.45) is -3.41. The molecule has 1 aromatic carbocycles. The van der Waals surface area contributed by atoms with E-state index in [1.54, 1.807) is 0 Å². The van der Waals surface area contributed by atoms with Crippen molar-refractivity contribution in [1.82, 2.24) is 10.2 Å². The van der Waals surface area contributed by atoms with Gasteiger partial charge in [-0.25, -0.2) is 4.39 Å². The van der Waals surface area contributed by atoms with E-state index in [0.29, 0.717) is 52.2 Å². The Morgan fingerprint density at radius 1 is 1.16 bits per heavy atom. The third-order valence-corrected chi connectivity index (χ3v) is 5.28. The molecule has 0 saturated carbocycles. The summed E-state index contributed by atoms with van der Waals surface area (Å²) in [6.45, 7) is 3.46. The minimum Gasteiger partial charge on any atom is -0.381 e. The predicted molar refractivity (Wildman–Crippen MR) is 87.1 cm³/mol. The Morgan fingerprint density at radius 3 is 2.40 bits per heavy atom. The molecule has 25 heavy (non-hydrogen) atoms. The second kappa shape index (κ2) is 7.78. The molecule has 2 aliphatic rings. The van der Waals surface area contributed by atoms with Gasteiger partial charge in [0.05, 0.1) is 10.6 Å². The zero-order valence-corrected chi connectivity index (χ0v) is 14.5. The molecule has 3 rings (SSSR count). The average molecular weight is 381 g/mol. The third-order valence-electron chi connectivity index (χ3n) is 4.99. The van der Waals surface area contributed by atoms with Crippen LogP contribution >= 0.6 is 11.6 Å². The molecule has 1 N–H and O–H groups in total. The van der Waals surface area contributed by atoms with Gasteiger partial charge in [-0.15, -0.1) is 0 Å². The summed E-state index contributed by atoms with van der Waals surface area (Å²) in [5, 5.41) is 2.92. The second-order valence-electron chi connectivity index (χ2n) is 6.50. The Morgan fingerprint density at radius 2 is 1.80 bits per heavy atom. The van der Waals surface area contributed by atoms with E-state index in [2.05, 4.69) is 5.32 Å². The molecule has 0 amide bonds. The van der Waals surface area contributed by atoms with E-state index in [1.807, 2.05) is 4.90 Å². The van der Waals surface area contributed by atoms with Crippen LogP contribution in [0.25, 0.3) is 0 Å². The Hall–Kier alpha value is -0.890. The van der Waals surface area contributed by atoms with Crippen LogP contribution in [0.1, 0.15) is 30.0 Å². The van der Waals surface area contributed by atoms with Gasteiger partial charge in [0.2, 0.25) is 0 Å². The molecule has 2 saturated heterocycles. The molecular weight excluding hydrogens is 360 g/mol. The third kappa shape index (κ3) is 4.10. The van der Waals surface area contributed by atoms with Gasteiger partial charge in [0.1, 0.15) is 5.82 Å². The number of hydrogen-bond donors (Lipinski definition) is 1. The minimum absolute atomic E-state index is 0.0964. The highest BCUT2D eigenvalue weighted by Crippen LogP contribution is 2.44. The van der Waals surface area contributed by atoms with Gasteiger partial charge in [0, 0.05) is 51.0 Å². The lowest BCUT2D eigenvalue weighted by atomic mass is 9.83. The van der Waals surface area contributed by atoms with Crippen molar-refractivity contribution in [2.75, 3.05) is 39.4 Å². The van der Waals surface area contributed by atoms with E-state index in [0.717, 1.165) is 12.1 Å². The predicted octanol–water partition coefficient (Wildman–Crippen LogP) is 3.87. The number of ether oxygens (including phenoxy) is 1. The zero-order valence-electron chi connectivity index (χ0n) is 13.7. The summed E-state index contributed by atoms with van der Waals surface area (Å²) in [4.78, 5) is 1.95. The number of nitrogens with one attached hydrogen (secondary N) is 1. The number of rotatable bonds is 3. The maximum atomic E-state index is 14.8. The highest BCUT2D eigenvalue weighted by atomic mass is 35.5. The molecule has 1 aromatic rings. The fourth-order valence-electron chi connectivity index (χ4n) is 3.81. The lowest BCUT2D eigenvalue weighted by Crippen LogP contribution is -2.48. The van der Waals surface area contributed by atoms with Gasteiger partial charge in [-0.2, -0.15) is 13.2 Å². The van der Waals surface area contributed by atoms with Crippen LogP contribution < -0.4 is 5.32 Å². The number of hydrogen-bond acceptors (Lipinski definition) is 3. The standard InChI is InChI=1S/C17H21ClF4N2O/c18-13-2-1-12(17(20,21)22)14(15(13)19)16(11-3-9-25-10-4-11)24-7-5-23-6-8-24/h1-2,11,16,23H,3-10H2/t16-/m1/s1. The molecule has 0 spiro atoms. The van der Waals surface area contributed by atoms with Gasteiger partial charge in [-0.05, 0) is 30.9 Å². The fraction of sp³-hybridized carbons (Fsp3) is 0.647. The van der Waals surface area contributed by atoms with E-state index in [4.69, 9.17) is 16.3 Å². The SMILES string of the molecule is Fc1c(Cl)ccc(C(F)(F)F)c1[C@@H](C1CCOCC1)N1CCNCC1. The minimum atomic E-state index is -4.63. The molecule has 8 heteroatoms. The van der Waals surface area contributed by atoms with Crippen LogP contribution in [0.5, 0.6) is 0 Å². The first kappa shape index (κ1) is 18.9. The van der Waals surface area contributed by atoms with Gasteiger partial charge in [0.15, 0.2) is 0 Å². The van der Waals surface area contributed by atoms with Crippen molar-refractivity contribution in [2.24, 2.45) is 5.92 Å². The number of benzene rings is 1. The average Bonchev–Trinajstić information content (AvgIpc) is 2.60. The monoisotopic (exact) mass is 380 g/mol. The Balaban J connectivity index is 2.09. The van der Waals surface area contributed by atoms with Crippen molar-refractivity contribution in [2.45, 2.75) is 25.1 Å². The summed E-state index contributed by atoms with van der Waals surface area (Å²) in [6, 6.07) is 1.23. The summed E-state index contributed by atoms with van der Waals surface area (Å²) >= 11 is 5.86. The van der Waals surface area contributed by atoms with Crippen LogP contribution in [0, 0.1) is 11.7 Å². The van der Waals surface area contributed by atoms with Crippen LogP contribution in [-0.4, -0.2) is 44.3 Å². The van der Waals surface area contributed by atoms with Crippen LogP contribution in [-0.2, 0) is 10.9 Å². The first-order valence-corrected chi connectivity index (χ1v) is 8.85. The summed E-state index contributed by atoms with van der Waals surface area (Å²) in [5.74, 6) is -1.05. The molecular formula is C17H21ClF4N2O. The number of piperazine rings is 1. The number of halogens is 5. The van der Waals surface area contributed by atoms with Gasteiger partial charge >= 0.3 is 6.18 Å². The lowest BCUT2D eigenvalue weighted by molar-refractivity contribution is -0.139. The van der Waals surface area contributed by atoms with Crippen molar-refractivity contribution >= 4 is 11.6 Å². The smallest absolute Gasteiger partial charge is 0.381 e.